The molecular weight excluding hydrogens is 385 g/mol. The Labute approximate surface area is 163 Å². The number of aromatic nitrogens is 5. The first-order chi connectivity index (χ1) is 13.8. The molecular formula is C19H17F3N6O. The number of pyridine rings is 1. The number of nitrogens with zero attached hydrogens (tertiary/aromatic N) is 6. The molecule has 150 valence electrons. The molecule has 4 rings (SSSR count). The first-order valence-corrected chi connectivity index (χ1v) is 8.86. The molecule has 1 atom stereocenters. The molecule has 0 spiro atoms. The second kappa shape index (κ2) is 6.94. The molecule has 0 N–H and O–H groups in total. The summed E-state index contributed by atoms with van der Waals surface area (Å²) in [4.78, 5) is 25.8. The lowest BCUT2D eigenvalue weighted by atomic mass is 10.1. The van der Waals surface area contributed by atoms with E-state index in [9.17, 15) is 18.0 Å². The van der Waals surface area contributed by atoms with Crippen LogP contribution in [0.25, 0.3) is 11.9 Å². The number of hydrogen-bond acceptors (Lipinski definition) is 5. The van der Waals surface area contributed by atoms with Crippen molar-refractivity contribution in [2.45, 2.75) is 32.7 Å². The zero-order valence-electron chi connectivity index (χ0n) is 15.9. The average molecular weight is 402 g/mol. The molecule has 0 aliphatic heterocycles. The molecule has 0 aromatic carbocycles. The maximum Gasteiger partial charge on any atom is 0.280 e. The lowest BCUT2D eigenvalue weighted by Crippen LogP contribution is -2.30. The van der Waals surface area contributed by atoms with Crippen molar-refractivity contribution in [2.75, 3.05) is 7.05 Å². The molecule has 0 unspecified atom stereocenters. The largest absolute Gasteiger partial charge is 0.335 e. The number of halogens is 3. The van der Waals surface area contributed by atoms with Gasteiger partial charge in [-0.05, 0) is 44.1 Å². The zero-order chi connectivity index (χ0) is 20.9. The molecule has 1 saturated carbocycles. The first-order valence-electron chi connectivity index (χ1n) is 8.86. The van der Waals surface area contributed by atoms with Crippen molar-refractivity contribution in [3.63, 3.8) is 0 Å². The first kappa shape index (κ1) is 19.0. The van der Waals surface area contributed by atoms with E-state index in [0.29, 0.717) is 17.8 Å². The highest BCUT2D eigenvalue weighted by molar-refractivity contribution is 5.95. The minimum absolute atomic E-state index is 0.0358. The summed E-state index contributed by atoms with van der Waals surface area (Å²) in [5, 5.41) is 4.00. The Morgan fingerprint density at radius 1 is 1.31 bits per heavy atom. The van der Waals surface area contributed by atoms with Crippen molar-refractivity contribution in [3.8, 4) is 0 Å². The molecule has 3 aromatic heterocycles. The molecule has 0 radical (unpaired) electrons. The van der Waals surface area contributed by atoms with Gasteiger partial charge in [0.1, 0.15) is 12.0 Å². The fourth-order valence-electron chi connectivity index (χ4n) is 3.26. The Balaban J connectivity index is 1.62. The number of amides is 1. The molecule has 3 aromatic rings. The van der Waals surface area contributed by atoms with Crippen LogP contribution in [0.3, 0.4) is 0 Å². The van der Waals surface area contributed by atoms with E-state index in [1.807, 2.05) is 0 Å². The van der Waals surface area contributed by atoms with Crippen LogP contribution in [0.2, 0.25) is 0 Å². The van der Waals surface area contributed by atoms with E-state index in [1.54, 1.807) is 20.0 Å². The Morgan fingerprint density at radius 3 is 2.79 bits per heavy atom. The predicted octanol–water partition coefficient (Wildman–Crippen LogP) is 3.14. The smallest absolute Gasteiger partial charge is 0.280 e. The predicted molar refractivity (Wildman–Crippen MR) is 97.9 cm³/mol. The summed E-state index contributed by atoms with van der Waals surface area (Å²) in [6.45, 7) is 3.20. The number of carbonyl (C=O) groups is 1. The Bertz CT molecular complexity index is 1160. The van der Waals surface area contributed by atoms with Crippen molar-refractivity contribution in [1.82, 2.24) is 29.5 Å². The second-order valence-corrected chi connectivity index (χ2v) is 6.94. The second-order valence-electron chi connectivity index (χ2n) is 6.94. The summed E-state index contributed by atoms with van der Waals surface area (Å²) < 4.78 is 41.9. The van der Waals surface area contributed by atoms with Gasteiger partial charge in [0.05, 0.1) is 23.0 Å². The van der Waals surface area contributed by atoms with E-state index in [0.717, 1.165) is 5.57 Å². The van der Waals surface area contributed by atoms with Gasteiger partial charge in [-0.3, -0.25) is 9.78 Å². The van der Waals surface area contributed by atoms with Gasteiger partial charge in [0.15, 0.2) is 5.82 Å². The minimum Gasteiger partial charge on any atom is -0.335 e. The summed E-state index contributed by atoms with van der Waals surface area (Å²) in [7, 11) is 1.58. The van der Waals surface area contributed by atoms with Crippen molar-refractivity contribution in [1.29, 1.82) is 0 Å². The topological polar surface area (TPSA) is 76.3 Å². The number of hydrogen-bond donors (Lipinski definition) is 0. The van der Waals surface area contributed by atoms with Crippen molar-refractivity contribution in [2.24, 2.45) is 0 Å². The summed E-state index contributed by atoms with van der Waals surface area (Å²) in [6, 6.07) is 2.41. The molecule has 7 nitrogen and oxygen atoms in total. The summed E-state index contributed by atoms with van der Waals surface area (Å²) >= 11 is 0. The molecule has 0 bridgehead atoms. The minimum atomic E-state index is -2.74. The van der Waals surface area contributed by atoms with Gasteiger partial charge in [0.25, 0.3) is 18.1 Å². The van der Waals surface area contributed by atoms with Crippen LogP contribution in [0.5, 0.6) is 0 Å². The summed E-state index contributed by atoms with van der Waals surface area (Å²) in [6.07, 6.45) is 0.726. The van der Waals surface area contributed by atoms with Crippen LogP contribution >= 0.6 is 0 Å². The third kappa shape index (κ3) is 3.45. The molecule has 0 saturated heterocycles. The lowest BCUT2D eigenvalue weighted by Gasteiger charge is -2.17. The van der Waals surface area contributed by atoms with Crippen LogP contribution in [-0.2, 0) is 0 Å². The third-order valence-electron chi connectivity index (χ3n) is 4.82. The maximum absolute atomic E-state index is 14.4. The fourth-order valence-corrected chi connectivity index (χ4v) is 3.26. The molecule has 10 heteroatoms. The molecule has 1 aliphatic carbocycles. The van der Waals surface area contributed by atoms with Crippen molar-refractivity contribution < 1.29 is 18.0 Å². The van der Waals surface area contributed by atoms with Gasteiger partial charge in [0.2, 0.25) is 0 Å². The molecule has 1 fully saturated rings. The van der Waals surface area contributed by atoms with E-state index in [-0.39, 0.29) is 23.1 Å². The Kier molecular flexibility index (Phi) is 4.56. The van der Waals surface area contributed by atoms with Crippen molar-refractivity contribution in [3.05, 3.63) is 58.2 Å². The van der Waals surface area contributed by atoms with Crippen LogP contribution < -0.4 is 0 Å². The van der Waals surface area contributed by atoms with Crippen molar-refractivity contribution >= 4 is 17.8 Å². The van der Waals surface area contributed by atoms with Gasteiger partial charge in [-0.15, -0.1) is 0 Å². The van der Waals surface area contributed by atoms with E-state index >= 15 is 0 Å². The van der Waals surface area contributed by atoms with Crippen LogP contribution in [0.15, 0.2) is 24.0 Å². The van der Waals surface area contributed by atoms with E-state index in [1.165, 1.54) is 34.8 Å². The fraction of sp³-hybridized carbons (Fsp3) is 0.316. The SMILES string of the molecule is Cc1cc(C(=O)N(C)[C@H]2C/C2=C/c2cc(C(F)F)nc3ncnn23)c(F)c(C)n1. The Hall–Kier alpha value is -3.30. The maximum atomic E-state index is 14.4. The summed E-state index contributed by atoms with van der Waals surface area (Å²) in [5.74, 6) is -1.03. The van der Waals surface area contributed by atoms with Crippen LogP contribution in [0.1, 0.15) is 46.0 Å². The van der Waals surface area contributed by atoms with E-state index in [2.05, 4.69) is 20.1 Å². The zero-order valence-corrected chi connectivity index (χ0v) is 15.9. The third-order valence-corrected chi connectivity index (χ3v) is 4.82. The monoisotopic (exact) mass is 402 g/mol. The highest BCUT2D eigenvalue weighted by Gasteiger charge is 2.37. The number of carbonyl (C=O) groups excluding carboxylic acids is 1. The average Bonchev–Trinajstić information content (AvgIpc) is 3.26. The van der Waals surface area contributed by atoms with Gasteiger partial charge in [0, 0.05) is 12.7 Å². The number of fused-ring (bicyclic) bond motifs is 1. The number of likely N-dealkylation sites (N-methyl/N-ethyl adjacent to an activating group) is 1. The Morgan fingerprint density at radius 2 is 2.07 bits per heavy atom. The molecule has 29 heavy (non-hydrogen) atoms. The van der Waals surface area contributed by atoms with Gasteiger partial charge in [-0.1, -0.05) is 0 Å². The van der Waals surface area contributed by atoms with Gasteiger partial charge in [-0.25, -0.2) is 18.2 Å². The standard InChI is InChI=1S/C19H17F3N6O/c1-9-4-13(16(20)10(2)25-9)18(29)27(3)15-6-11(15)5-12-7-14(17(21)22)26-19-23-8-24-28(12)19/h4-5,7-8,15,17H,6H2,1-3H3/b11-5-/t15-/m0/s1. The normalized spacial score (nSPS) is 17.3. The number of rotatable bonds is 4. The van der Waals surface area contributed by atoms with Gasteiger partial charge in [-0.2, -0.15) is 14.6 Å². The quantitative estimate of drug-likeness (QED) is 0.670. The van der Waals surface area contributed by atoms with Gasteiger partial charge < -0.3 is 4.90 Å². The van der Waals surface area contributed by atoms with Crippen LogP contribution in [0.4, 0.5) is 13.2 Å². The summed E-state index contributed by atoms with van der Waals surface area (Å²) in [5.41, 5.74) is 1.51. The van der Waals surface area contributed by atoms with Gasteiger partial charge >= 0.3 is 0 Å². The van der Waals surface area contributed by atoms with Crippen LogP contribution in [0, 0.1) is 19.7 Å². The molecule has 3 heterocycles. The molecule has 1 amide bonds. The van der Waals surface area contributed by atoms with Crippen LogP contribution in [-0.4, -0.2) is 48.5 Å². The highest BCUT2D eigenvalue weighted by atomic mass is 19.3. The number of aryl methyl sites for hydroxylation is 2. The molecule has 1 aliphatic rings. The van der Waals surface area contributed by atoms with E-state index < -0.39 is 23.8 Å². The highest BCUT2D eigenvalue weighted by Crippen LogP contribution is 2.37. The lowest BCUT2D eigenvalue weighted by molar-refractivity contribution is 0.0785. The number of alkyl halides is 2. The van der Waals surface area contributed by atoms with E-state index in [4.69, 9.17) is 0 Å².